The first-order valence-electron chi connectivity index (χ1n) is 9.05. The number of rotatable bonds is 5. The summed E-state index contributed by atoms with van der Waals surface area (Å²) in [4.78, 5) is 19.7. The minimum Gasteiger partial charge on any atom is -0.496 e. The summed E-state index contributed by atoms with van der Waals surface area (Å²) in [6.07, 6.45) is 0. The lowest BCUT2D eigenvalue weighted by Crippen LogP contribution is -2.27. The van der Waals surface area contributed by atoms with Gasteiger partial charge in [-0.1, -0.05) is 32.0 Å². The van der Waals surface area contributed by atoms with Crippen molar-refractivity contribution in [3.63, 3.8) is 0 Å². The summed E-state index contributed by atoms with van der Waals surface area (Å²) in [5.41, 5.74) is 4.05. The van der Waals surface area contributed by atoms with Gasteiger partial charge in [-0.25, -0.2) is 4.98 Å². The molecule has 0 saturated heterocycles. The number of hydrogen-bond acceptors (Lipinski definition) is 4. The van der Waals surface area contributed by atoms with Crippen molar-refractivity contribution in [2.75, 3.05) is 14.2 Å². The topological polar surface area (TPSA) is 60.2 Å². The molecule has 0 fully saturated rings. The molecule has 3 rings (SSSR count). The average molecular weight is 366 g/mol. The molecule has 0 saturated carbocycles. The lowest BCUT2D eigenvalue weighted by molar-refractivity contribution is 0.0786. The molecular weight excluding hydrogens is 340 g/mol. The molecule has 0 aliphatic heterocycles. The zero-order valence-corrected chi connectivity index (χ0v) is 16.8. The fraction of sp³-hybridized carbons (Fsp3) is 0.381. The summed E-state index contributed by atoms with van der Waals surface area (Å²) < 4.78 is 7.16. The van der Waals surface area contributed by atoms with Crippen LogP contribution in [0.25, 0.3) is 11.0 Å². The van der Waals surface area contributed by atoms with Crippen LogP contribution >= 0.6 is 0 Å². The maximum absolute atomic E-state index is 13.3. The Labute approximate surface area is 159 Å². The summed E-state index contributed by atoms with van der Waals surface area (Å²) >= 11 is 0. The summed E-state index contributed by atoms with van der Waals surface area (Å²) in [6.45, 7) is 6.52. The molecule has 0 spiro atoms. The summed E-state index contributed by atoms with van der Waals surface area (Å²) in [5, 5.41) is 5.29. The number of nitrogens with zero attached hydrogens (tertiary/aromatic N) is 4. The van der Waals surface area contributed by atoms with Crippen molar-refractivity contribution in [3.05, 3.63) is 52.8 Å². The molecular formula is C21H26N4O2. The highest BCUT2D eigenvalue weighted by atomic mass is 16.5. The van der Waals surface area contributed by atoms with Gasteiger partial charge in [0.2, 0.25) is 0 Å². The second-order valence-electron chi connectivity index (χ2n) is 7.13. The van der Waals surface area contributed by atoms with Crippen LogP contribution in [0.1, 0.15) is 47.1 Å². The van der Waals surface area contributed by atoms with Crippen molar-refractivity contribution in [2.24, 2.45) is 7.05 Å². The van der Waals surface area contributed by atoms with Crippen molar-refractivity contribution in [2.45, 2.75) is 33.2 Å². The van der Waals surface area contributed by atoms with Crippen LogP contribution in [0, 0.1) is 6.92 Å². The summed E-state index contributed by atoms with van der Waals surface area (Å²) in [5.74, 6) is 0.944. The molecule has 3 aromatic rings. The van der Waals surface area contributed by atoms with Crippen LogP contribution < -0.4 is 4.74 Å². The van der Waals surface area contributed by atoms with E-state index < -0.39 is 0 Å². The Morgan fingerprint density at radius 3 is 2.67 bits per heavy atom. The van der Waals surface area contributed by atoms with Gasteiger partial charge in [0.05, 0.1) is 23.8 Å². The predicted molar refractivity (Wildman–Crippen MR) is 106 cm³/mol. The molecule has 27 heavy (non-hydrogen) atoms. The first-order valence-corrected chi connectivity index (χ1v) is 9.05. The minimum absolute atomic E-state index is 0.0497. The number of aromatic nitrogens is 3. The number of hydrogen-bond donors (Lipinski definition) is 0. The molecule has 0 radical (unpaired) electrons. The molecule has 142 valence electrons. The monoisotopic (exact) mass is 366 g/mol. The van der Waals surface area contributed by atoms with E-state index in [9.17, 15) is 4.79 Å². The molecule has 0 aliphatic rings. The van der Waals surface area contributed by atoms with Gasteiger partial charge in [0.1, 0.15) is 5.75 Å². The third-order valence-corrected chi connectivity index (χ3v) is 4.76. The largest absolute Gasteiger partial charge is 0.496 e. The number of para-hydroxylation sites is 1. The molecule has 6 heteroatoms. The Hall–Kier alpha value is -2.89. The molecule has 1 amide bonds. The predicted octanol–water partition coefficient (Wildman–Crippen LogP) is 3.68. The first-order chi connectivity index (χ1) is 12.8. The third kappa shape index (κ3) is 3.52. The Morgan fingerprint density at radius 2 is 2.00 bits per heavy atom. The number of ether oxygens (including phenoxy) is 1. The lowest BCUT2D eigenvalue weighted by atomic mass is 10.0. The van der Waals surface area contributed by atoms with Crippen molar-refractivity contribution in [1.29, 1.82) is 0 Å². The maximum Gasteiger partial charge on any atom is 0.254 e. The molecule has 0 N–H and O–H groups in total. The molecule has 2 aromatic heterocycles. The number of carbonyl (C=O) groups is 1. The van der Waals surface area contributed by atoms with Gasteiger partial charge in [-0.2, -0.15) is 5.10 Å². The zero-order chi connectivity index (χ0) is 19.7. The number of benzene rings is 1. The molecule has 1 aromatic carbocycles. The maximum atomic E-state index is 13.3. The highest BCUT2D eigenvalue weighted by molar-refractivity contribution is 6.06. The smallest absolute Gasteiger partial charge is 0.254 e. The van der Waals surface area contributed by atoms with E-state index in [-0.39, 0.29) is 11.8 Å². The van der Waals surface area contributed by atoms with E-state index in [4.69, 9.17) is 9.72 Å². The number of aryl methyl sites for hydroxylation is 2. The van der Waals surface area contributed by atoms with Crippen LogP contribution in [-0.2, 0) is 13.6 Å². The standard InChI is InChI=1S/C21H26N4O2/c1-13(2)17-11-16(19-14(3)23-25(5)20(19)22-17)21(26)24(4)12-15-9-7-8-10-18(15)27-6/h7-11,13H,12H2,1-6H3. The number of methoxy groups -OCH3 is 1. The number of fused-ring (bicyclic) bond motifs is 1. The van der Waals surface area contributed by atoms with Crippen LogP contribution in [0.15, 0.2) is 30.3 Å². The Kier molecular flexibility index (Phi) is 5.17. The fourth-order valence-corrected chi connectivity index (χ4v) is 3.30. The molecule has 0 aliphatic carbocycles. The first kappa shape index (κ1) is 18.9. The number of carbonyl (C=O) groups excluding carboxylic acids is 1. The van der Waals surface area contributed by atoms with Crippen LogP contribution in [0.3, 0.4) is 0 Å². The van der Waals surface area contributed by atoms with Gasteiger partial charge < -0.3 is 9.64 Å². The van der Waals surface area contributed by atoms with E-state index in [0.29, 0.717) is 12.1 Å². The quantitative estimate of drug-likeness (QED) is 0.691. The van der Waals surface area contributed by atoms with Crippen LogP contribution in [0.5, 0.6) is 5.75 Å². The Bertz CT molecular complexity index is 991. The Balaban J connectivity index is 2.04. The zero-order valence-electron chi connectivity index (χ0n) is 16.8. The van der Waals surface area contributed by atoms with Gasteiger partial charge in [-0.05, 0) is 25.0 Å². The molecule has 6 nitrogen and oxygen atoms in total. The van der Waals surface area contributed by atoms with E-state index in [1.165, 1.54) is 0 Å². The van der Waals surface area contributed by atoms with Crippen molar-refractivity contribution < 1.29 is 9.53 Å². The summed E-state index contributed by atoms with van der Waals surface area (Å²) in [6, 6.07) is 9.65. The fourth-order valence-electron chi connectivity index (χ4n) is 3.30. The average Bonchev–Trinajstić information content (AvgIpc) is 2.94. The number of amides is 1. The molecule has 2 heterocycles. The van der Waals surface area contributed by atoms with Crippen LogP contribution in [0.4, 0.5) is 0 Å². The van der Waals surface area contributed by atoms with Crippen LogP contribution in [0.2, 0.25) is 0 Å². The van der Waals surface area contributed by atoms with Crippen molar-refractivity contribution >= 4 is 16.9 Å². The highest BCUT2D eigenvalue weighted by Crippen LogP contribution is 2.27. The molecule has 0 bridgehead atoms. The van der Waals surface area contributed by atoms with Gasteiger partial charge in [-0.15, -0.1) is 0 Å². The molecule has 0 atom stereocenters. The summed E-state index contributed by atoms with van der Waals surface area (Å²) in [7, 11) is 5.31. The SMILES string of the molecule is COc1ccccc1CN(C)C(=O)c1cc(C(C)C)nc2c1c(C)nn2C. The van der Waals surface area contributed by atoms with Crippen molar-refractivity contribution in [1.82, 2.24) is 19.7 Å². The van der Waals surface area contributed by atoms with Gasteiger partial charge in [0, 0.05) is 31.9 Å². The highest BCUT2D eigenvalue weighted by Gasteiger charge is 2.22. The lowest BCUT2D eigenvalue weighted by Gasteiger charge is -2.20. The third-order valence-electron chi connectivity index (χ3n) is 4.76. The van der Waals surface area contributed by atoms with Gasteiger partial charge in [0.25, 0.3) is 5.91 Å². The van der Waals surface area contributed by atoms with Gasteiger partial charge in [0.15, 0.2) is 5.65 Å². The second kappa shape index (κ2) is 7.39. The van der Waals surface area contributed by atoms with Gasteiger partial charge >= 0.3 is 0 Å². The molecule has 0 unspecified atom stereocenters. The minimum atomic E-state index is -0.0497. The van der Waals surface area contributed by atoms with E-state index >= 15 is 0 Å². The second-order valence-corrected chi connectivity index (χ2v) is 7.13. The van der Waals surface area contributed by atoms with Crippen LogP contribution in [-0.4, -0.2) is 39.7 Å². The van der Waals surface area contributed by atoms with E-state index in [0.717, 1.165) is 33.7 Å². The van der Waals surface area contributed by atoms with E-state index in [2.05, 4.69) is 18.9 Å². The van der Waals surface area contributed by atoms with Crippen molar-refractivity contribution in [3.8, 4) is 5.75 Å². The Morgan fingerprint density at radius 1 is 1.30 bits per heavy atom. The normalized spacial score (nSPS) is 11.2. The van der Waals surface area contributed by atoms with E-state index in [1.807, 2.05) is 51.4 Å². The van der Waals surface area contributed by atoms with Gasteiger partial charge in [-0.3, -0.25) is 9.48 Å². The number of pyridine rings is 1. The van der Waals surface area contributed by atoms with E-state index in [1.54, 1.807) is 16.7 Å².